The van der Waals surface area contributed by atoms with E-state index in [2.05, 4.69) is 10.0 Å². The molecule has 2 aliphatic carbocycles. The Labute approximate surface area is 144 Å². The lowest BCUT2D eigenvalue weighted by Gasteiger charge is -2.19. The third-order valence-corrected chi connectivity index (χ3v) is 5.55. The highest BCUT2D eigenvalue weighted by molar-refractivity contribution is 7.92. The molecule has 0 radical (unpaired) electrons. The maximum absolute atomic E-state index is 12.4. The first-order valence-electron chi connectivity index (χ1n) is 8.69. The predicted octanol–water partition coefficient (Wildman–Crippen LogP) is 3.06. The molecule has 1 aromatic carbocycles. The van der Waals surface area contributed by atoms with Crippen LogP contribution in [0.25, 0.3) is 0 Å². The maximum Gasteiger partial charge on any atom is 0.229 e. The molecule has 0 saturated heterocycles. The zero-order valence-corrected chi connectivity index (χ0v) is 15.1. The fourth-order valence-corrected chi connectivity index (χ4v) is 4.01. The Morgan fingerprint density at radius 3 is 2.38 bits per heavy atom. The van der Waals surface area contributed by atoms with Crippen molar-refractivity contribution in [1.29, 1.82) is 0 Å². The van der Waals surface area contributed by atoms with E-state index in [-0.39, 0.29) is 11.9 Å². The predicted molar refractivity (Wildman–Crippen MR) is 95.0 cm³/mol. The van der Waals surface area contributed by atoms with E-state index in [1.54, 1.807) is 18.2 Å². The van der Waals surface area contributed by atoms with Gasteiger partial charge in [-0.25, -0.2) is 8.42 Å². The Kier molecular flexibility index (Phi) is 4.85. The largest absolute Gasteiger partial charge is 0.350 e. The lowest BCUT2D eigenvalue weighted by Crippen LogP contribution is -2.29. The summed E-state index contributed by atoms with van der Waals surface area (Å²) in [5, 5.41) is 3.07. The van der Waals surface area contributed by atoms with E-state index in [1.165, 1.54) is 25.7 Å². The normalized spacial score (nSPS) is 19.1. The Bertz CT molecular complexity index is 697. The van der Waals surface area contributed by atoms with Crippen LogP contribution in [0.5, 0.6) is 0 Å². The van der Waals surface area contributed by atoms with Crippen LogP contribution in [-0.4, -0.2) is 20.6 Å². The molecular formula is C18H26N2O3S. The molecule has 0 aromatic heterocycles. The van der Waals surface area contributed by atoms with E-state index in [0.29, 0.717) is 18.0 Å². The van der Waals surface area contributed by atoms with Crippen LogP contribution >= 0.6 is 0 Å². The molecule has 3 rings (SSSR count). The molecule has 2 aliphatic rings. The molecule has 1 amide bonds. The van der Waals surface area contributed by atoms with Gasteiger partial charge in [0.25, 0.3) is 0 Å². The maximum atomic E-state index is 12.4. The molecule has 1 aromatic rings. The van der Waals surface area contributed by atoms with Gasteiger partial charge in [-0.05, 0) is 68.1 Å². The molecule has 0 heterocycles. The molecule has 2 saturated carbocycles. The third kappa shape index (κ3) is 4.97. The van der Waals surface area contributed by atoms with Gasteiger partial charge < -0.3 is 5.32 Å². The van der Waals surface area contributed by atoms with Crippen molar-refractivity contribution in [3.63, 3.8) is 0 Å². The zero-order valence-electron chi connectivity index (χ0n) is 14.3. The quantitative estimate of drug-likeness (QED) is 0.756. The summed E-state index contributed by atoms with van der Waals surface area (Å²) in [4.78, 5) is 12.4. The number of carbonyl (C=O) groups excluding carboxylic acids is 1. The number of hydrogen-bond donors (Lipinski definition) is 2. The number of carbonyl (C=O) groups is 1. The minimum atomic E-state index is -3.30. The fourth-order valence-electron chi connectivity index (χ4n) is 3.45. The number of rotatable bonds is 8. The first-order valence-corrected chi connectivity index (χ1v) is 10.6. The van der Waals surface area contributed by atoms with Gasteiger partial charge in [0.15, 0.2) is 0 Å². The van der Waals surface area contributed by atoms with E-state index < -0.39 is 10.0 Å². The highest BCUT2D eigenvalue weighted by atomic mass is 32.2. The molecule has 5 nitrogen and oxygen atoms in total. The number of anilines is 1. The zero-order chi connectivity index (χ0) is 17.3. The monoisotopic (exact) mass is 350 g/mol. The molecule has 0 spiro atoms. The second kappa shape index (κ2) is 6.75. The van der Waals surface area contributed by atoms with Gasteiger partial charge >= 0.3 is 0 Å². The molecule has 0 bridgehead atoms. The summed E-state index contributed by atoms with van der Waals surface area (Å²) in [6, 6.07) is 7.03. The van der Waals surface area contributed by atoms with Crippen LogP contribution in [0.1, 0.15) is 50.6 Å². The number of sulfonamides is 1. The summed E-state index contributed by atoms with van der Waals surface area (Å²) in [7, 11) is -3.30. The Balaban J connectivity index is 1.58. The van der Waals surface area contributed by atoms with Gasteiger partial charge in [0.05, 0.1) is 12.3 Å². The molecule has 24 heavy (non-hydrogen) atoms. The average Bonchev–Trinajstić information content (AvgIpc) is 3.36. The van der Waals surface area contributed by atoms with Crippen LogP contribution in [0.15, 0.2) is 24.3 Å². The van der Waals surface area contributed by atoms with Crippen LogP contribution < -0.4 is 10.0 Å². The van der Waals surface area contributed by atoms with Crippen molar-refractivity contribution in [3.05, 3.63) is 29.8 Å². The summed E-state index contributed by atoms with van der Waals surface area (Å²) in [5.74, 6) is 2.20. The number of hydrogen-bond acceptors (Lipinski definition) is 3. The lowest BCUT2D eigenvalue weighted by molar-refractivity contribution is -0.123. The molecule has 2 fully saturated rings. The van der Waals surface area contributed by atoms with E-state index in [0.717, 1.165) is 23.7 Å². The first kappa shape index (κ1) is 17.3. The van der Waals surface area contributed by atoms with Crippen molar-refractivity contribution >= 4 is 21.6 Å². The van der Waals surface area contributed by atoms with Crippen molar-refractivity contribution in [1.82, 2.24) is 5.32 Å². The summed E-state index contributed by atoms with van der Waals surface area (Å²) in [6.07, 6.45) is 6.88. The summed E-state index contributed by atoms with van der Waals surface area (Å²) in [5.41, 5.74) is 1.41. The van der Waals surface area contributed by atoms with Gasteiger partial charge in [0, 0.05) is 12.1 Å². The van der Waals surface area contributed by atoms with Crippen LogP contribution in [0.2, 0.25) is 0 Å². The Hall–Kier alpha value is -1.56. The fraction of sp³-hybridized carbons (Fsp3) is 0.611. The van der Waals surface area contributed by atoms with E-state index in [4.69, 9.17) is 0 Å². The summed E-state index contributed by atoms with van der Waals surface area (Å²) in [6.45, 7) is 1.93. The van der Waals surface area contributed by atoms with Gasteiger partial charge in [-0.2, -0.15) is 0 Å². The van der Waals surface area contributed by atoms with Crippen molar-refractivity contribution in [3.8, 4) is 0 Å². The number of amides is 1. The Morgan fingerprint density at radius 2 is 1.83 bits per heavy atom. The minimum absolute atomic E-state index is 0.104. The standard InChI is InChI=1S/C18H26N2O3S/c1-12(15-4-3-5-16(10-15)20-24(2,22)23)19-18(21)11-17(13-6-7-13)14-8-9-14/h3-5,10,12-14,17,20H,6-9,11H2,1-2H3,(H,19,21)/t12-/m0/s1. The van der Waals surface area contributed by atoms with Gasteiger partial charge in [-0.1, -0.05) is 12.1 Å². The van der Waals surface area contributed by atoms with E-state index >= 15 is 0 Å². The van der Waals surface area contributed by atoms with Crippen molar-refractivity contribution in [2.24, 2.45) is 17.8 Å². The molecule has 0 unspecified atom stereocenters. The SMILES string of the molecule is C[C@H](NC(=O)CC(C1CC1)C1CC1)c1cccc(NS(C)(=O)=O)c1. The Morgan fingerprint density at radius 1 is 1.21 bits per heavy atom. The topological polar surface area (TPSA) is 75.3 Å². The third-order valence-electron chi connectivity index (χ3n) is 4.94. The minimum Gasteiger partial charge on any atom is -0.350 e. The van der Waals surface area contributed by atoms with Crippen molar-refractivity contribution < 1.29 is 13.2 Å². The van der Waals surface area contributed by atoms with Crippen LogP contribution in [0, 0.1) is 17.8 Å². The average molecular weight is 350 g/mol. The molecule has 132 valence electrons. The highest BCUT2D eigenvalue weighted by Gasteiger charge is 2.42. The van der Waals surface area contributed by atoms with Crippen molar-refractivity contribution in [2.75, 3.05) is 11.0 Å². The molecule has 6 heteroatoms. The molecule has 0 aliphatic heterocycles. The van der Waals surface area contributed by atoms with Gasteiger partial charge in [-0.3, -0.25) is 9.52 Å². The molecule has 1 atom stereocenters. The number of benzene rings is 1. The van der Waals surface area contributed by atoms with E-state index in [9.17, 15) is 13.2 Å². The summed E-state index contributed by atoms with van der Waals surface area (Å²) < 4.78 is 25.1. The number of nitrogens with one attached hydrogen (secondary N) is 2. The van der Waals surface area contributed by atoms with E-state index in [1.807, 2.05) is 13.0 Å². The lowest BCUT2D eigenvalue weighted by atomic mass is 9.93. The smallest absolute Gasteiger partial charge is 0.229 e. The van der Waals surface area contributed by atoms with Gasteiger partial charge in [-0.15, -0.1) is 0 Å². The molecular weight excluding hydrogens is 324 g/mol. The first-order chi connectivity index (χ1) is 11.3. The van der Waals surface area contributed by atoms with Crippen LogP contribution in [0.3, 0.4) is 0 Å². The second-order valence-electron chi connectivity index (χ2n) is 7.33. The van der Waals surface area contributed by atoms with Gasteiger partial charge in [0.2, 0.25) is 15.9 Å². The molecule has 2 N–H and O–H groups in total. The van der Waals surface area contributed by atoms with Crippen LogP contribution in [-0.2, 0) is 14.8 Å². The van der Waals surface area contributed by atoms with Crippen LogP contribution in [0.4, 0.5) is 5.69 Å². The van der Waals surface area contributed by atoms with Gasteiger partial charge in [0.1, 0.15) is 0 Å². The van der Waals surface area contributed by atoms with Crippen molar-refractivity contribution in [2.45, 2.75) is 45.1 Å². The highest BCUT2D eigenvalue weighted by Crippen LogP contribution is 2.50. The second-order valence-corrected chi connectivity index (χ2v) is 9.08. The summed E-state index contributed by atoms with van der Waals surface area (Å²) >= 11 is 0.